The lowest BCUT2D eigenvalue weighted by Gasteiger charge is -2.26. The summed E-state index contributed by atoms with van der Waals surface area (Å²) < 4.78 is 5.63. The molecule has 21 heavy (non-hydrogen) atoms. The van der Waals surface area contributed by atoms with Crippen LogP contribution >= 0.6 is 0 Å². The number of hydrogen-bond acceptors (Lipinski definition) is 3. The lowest BCUT2D eigenvalue weighted by molar-refractivity contribution is 0.000927. The van der Waals surface area contributed by atoms with Gasteiger partial charge in [-0.25, -0.2) is 0 Å². The summed E-state index contributed by atoms with van der Waals surface area (Å²) >= 11 is 0. The van der Waals surface area contributed by atoms with Gasteiger partial charge in [0, 0.05) is 0 Å². The minimum atomic E-state index is -0.891. The Balaban J connectivity index is 2.03. The van der Waals surface area contributed by atoms with Gasteiger partial charge in [0.15, 0.2) is 0 Å². The van der Waals surface area contributed by atoms with Crippen molar-refractivity contribution in [1.82, 2.24) is 0 Å². The quantitative estimate of drug-likeness (QED) is 0.491. The Morgan fingerprint density at radius 1 is 0.714 bits per heavy atom. The number of benzene rings is 3. The molecular weight excluding hydrogens is 264 g/mol. The Labute approximate surface area is 121 Å². The smallest absolute Gasteiger partial charge is 0.118 e. The van der Waals surface area contributed by atoms with E-state index in [1.807, 2.05) is 30.3 Å². The first-order valence-electron chi connectivity index (χ1n) is 7.22. The second-order valence-corrected chi connectivity index (χ2v) is 5.88. The van der Waals surface area contributed by atoms with Crippen molar-refractivity contribution < 1.29 is 14.9 Å². The van der Waals surface area contributed by atoms with Crippen molar-refractivity contribution in [3.05, 3.63) is 59.7 Å². The first kappa shape index (κ1) is 11.7. The van der Waals surface area contributed by atoms with Crippen LogP contribution in [0.25, 0.3) is 21.5 Å². The van der Waals surface area contributed by atoms with Crippen molar-refractivity contribution in [2.24, 2.45) is 0 Å². The summed E-state index contributed by atoms with van der Waals surface area (Å²) in [6.07, 6.45) is -2.09. The summed E-state index contributed by atoms with van der Waals surface area (Å²) in [5.41, 5.74) is 1.88. The molecule has 1 aliphatic heterocycles. The molecule has 2 N–H and O–H groups in total. The number of rotatable bonds is 0. The summed E-state index contributed by atoms with van der Waals surface area (Å²) in [7, 11) is 0. The lowest BCUT2D eigenvalue weighted by Crippen LogP contribution is -2.29. The minimum absolute atomic E-state index is 0.0899. The van der Waals surface area contributed by atoms with Gasteiger partial charge in [-0.2, -0.15) is 0 Å². The molecule has 3 nitrogen and oxygen atoms in total. The third-order valence-electron chi connectivity index (χ3n) is 4.78. The summed E-state index contributed by atoms with van der Waals surface area (Å²) in [4.78, 5) is 0. The number of ether oxygens (including phenoxy) is 1. The van der Waals surface area contributed by atoms with E-state index in [0.717, 1.165) is 27.3 Å². The molecule has 0 amide bonds. The molecule has 0 unspecified atom stereocenters. The number of fused-ring (bicyclic) bond motifs is 8. The molecule has 0 radical (unpaired) electrons. The SMILES string of the molecule is O[C@H]1[C@@H]2O[C@@H]2c2c(c3ccccc3c3ccccc23)[C@@H]1O. The Hall–Kier alpha value is -1.94. The molecule has 3 aromatic carbocycles. The zero-order valence-electron chi connectivity index (χ0n) is 11.2. The monoisotopic (exact) mass is 278 g/mol. The topological polar surface area (TPSA) is 53.0 Å². The Kier molecular flexibility index (Phi) is 2.13. The molecule has 0 spiro atoms. The highest BCUT2D eigenvalue weighted by Crippen LogP contribution is 2.54. The van der Waals surface area contributed by atoms with Gasteiger partial charge in [-0.15, -0.1) is 0 Å². The van der Waals surface area contributed by atoms with Gasteiger partial charge in [0.05, 0.1) is 0 Å². The molecule has 3 heteroatoms. The molecule has 1 saturated heterocycles. The van der Waals surface area contributed by atoms with Gasteiger partial charge in [-0.3, -0.25) is 0 Å². The van der Waals surface area contributed by atoms with Crippen molar-refractivity contribution >= 4 is 21.5 Å². The molecular formula is C18H14O3. The average molecular weight is 278 g/mol. The van der Waals surface area contributed by atoms with E-state index in [1.54, 1.807) is 0 Å². The molecule has 1 heterocycles. The summed E-state index contributed by atoms with van der Waals surface area (Å²) in [6.45, 7) is 0. The van der Waals surface area contributed by atoms with Gasteiger partial charge >= 0.3 is 0 Å². The van der Waals surface area contributed by atoms with Crippen LogP contribution in [0.4, 0.5) is 0 Å². The first-order chi connectivity index (χ1) is 10.3. The third-order valence-corrected chi connectivity index (χ3v) is 4.78. The fourth-order valence-corrected chi connectivity index (χ4v) is 3.79. The minimum Gasteiger partial charge on any atom is -0.387 e. The van der Waals surface area contributed by atoms with Crippen molar-refractivity contribution in [3.8, 4) is 0 Å². The molecule has 104 valence electrons. The van der Waals surface area contributed by atoms with Gasteiger partial charge in [0.1, 0.15) is 24.4 Å². The molecule has 1 fully saturated rings. The molecule has 3 aromatic rings. The van der Waals surface area contributed by atoms with Gasteiger partial charge in [-0.05, 0) is 32.7 Å². The molecule has 2 aliphatic rings. The largest absolute Gasteiger partial charge is 0.387 e. The van der Waals surface area contributed by atoms with Crippen LogP contribution in [0.3, 0.4) is 0 Å². The molecule has 0 bridgehead atoms. The Bertz CT molecular complexity index is 886. The number of aliphatic hydroxyl groups is 2. The van der Waals surface area contributed by atoms with Crippen LogP contribution in [0.5, 0.6) is 0 Å². The maximum Gasteiger partial charge on any atom is 0.118 e. The van der Waals surface area contributed by atoms with E-state index < -0.39 is 12.2 Å². The Morgan fingerprint density at radius 2 is 1.24 bits per heavy atom. The lowest BCUT2D eigenvalue weighted by atomic mass is 9.81. The predicted octanol–water partition coefficient (Wildman–Crippen LogP) is 2.84. The van der Waals surface area contributed by atoms with Crippen LogP contribution in [-0.4, -0.2) is 22.4 Å². The fraction of sp³-hybridized carbons (Fsp3) is 0.222. The van der Waals surface area contributed by atoms with Gasteiger partial charge in [-0.1, -0.05) is 48.5 Å². The van der Waals surface area contributed by atoms with Crippen molar-refractivity contribution in [2.45, 2.75) is 24.4 Å². The van der Waals surface area contributed by atoms with Crippen molar-refractivity contribution in [1.29, 1.82) is 0 Å². The van der Waals surface area contributed by atoms with E-state index in [1.165, 1.54) is 5.39 Å². The number of epoxide rings is 1. The van der Waals surface area contributed by atoms with E-state index in [4.69, 9.17) is 4.74 Å². The normalized spacial score (nSPS) is 30.2. The van der Waals surface area contributed by atoms with Crippen LogP contribution in [0.1, 0.15) is 23.3 Å². The highest BCUT2D eigenvalue weighted by atomic mass is 16.6. The maximum absolute atomic E-state index is 10.6. The second-order valence-electron chi connectivity index (χ2n) is 5.88. The van der Waals surface area contributed by atoms with Crippen molar-refractivity contribution in [3.63, 3.8) is 0 Å². The summed E-state index contributed by atoms with van der Waals surface area (Å²) in [5.74, 6) is 0. The van der Waals surface area contributed by atoms with Crippen molar-refractivity contribution in [2.75, 3.05) is 0 Å². The van der Waals surface area contributed by atoms with Crippen LogP contribution in [0.2, 0.25) is 0 Å². The van der Waals surface area contributed by atoms with Crippen LogP contribution in [-0.2, 0) is 4.74 Å². The second kappa shape index (κ2) is 3.83. The maximum atomic E-state index is 10.6. The van der Waals surface area contributed by atoms with E-state index in [0.29, 0.717) is 0 Å². The fourth-order valence-electron chi connectivity index (χ4n) is 3.79. The van der Waals surface area contributed by atoms with E-state index in [-0.39, 0.29) is 12.2 Å². The molecule has 4 atom stereocenters. The zero-order chi connectivity index (χ0) is 14.1. The molecule has 5 rings (SSSR count). The number of hydrogen-bond donors (Lipinski definition) is 2. The first-order valence-corrected chi connectivity index (χ1v) is 7.22. The number of aliphatic hydroxyl groups excluding tert-OH is 2. The van der Waals surface area contributed by atoms with Gasteiger partial charge in [0.25, 0.3) is 0 Å². The standard InChI is InChI=1S/C18H14O3/c19-15-13-11-7-3-1-5-9(11)10-6-2-4-8-12(10)14(13)17-18(21-17)16(15)20/h1-8,15-20H/t15-,16+,17+,18-/m0/s1. The summed E-state index contributed by atoms with van der Waals surface area (Å²) in [6, 6.07) is 16.3. The predicted molar refractivity (Wildman–Crippen MR) is 80.0 cm³/mol. The highest BCUT2D eigenvalue weighted by Gasteiger charge is 2.54. The van der Waals surface area contributed by atoms with Gasteiger partial charge < -0.3 is 14.9 Å². The van der Waals surface area contributed by atoms with Crippen LogP contribution in [0, 0.1) is 0 Å². The molecule has 1 aliphatic carbocycles. The van der Waals surface area contributed by atoms with E-state index in [2.05, 4.69) is 18.2 Å². The summed E-state index contributed by atoms with van der Waals surface area (Å²) in [5, 5.41) is 25.1. The van der Waals surface area contributed by atoms with E-state index in [9.17, 15) is 10.2 Å². The van der Waals surface area contributed by atoms with Gasteiger partial charge in [0.2, 0.25) is 0 Å². The highest BCUT2D eigenvalue weighted by molar-refractivity contribution is 6.11. The Morgan fingerprint density at radius 3 is 1.86 bits per heavy atom. The molecule has 0 aromatic heterocycles. The molecule has 0 saturated carbocycles. The van der Waals surface area contributed by atoms with Crippen LogP contribution < -0.4 is 0 Å². The zero-order valence-corrected chi connectivity index (χ0v) is 11.2. The van der Waals surface area contributed by atoms with Crippen LogP contribution in [0.15, 0.2) is 48.5 Å². The van der Waals surface area contributed by atoms with E-state index >= 15 is 0 Å². The average Bonchev–Trinajstić information content (AvgIpc) is 3.32. The third kappa shape index (κ3) is 1.38.